The van der Waals surface area contributed by atoms with Crippen molar-refractivity contribution >= 4 is 29.0 Å². The van der Waals surface area contributed by atoms with Gasteiger partial charge in [0.15, 0.2) is 5.82 Å². The fourth-order valence-corrected chi connectivity index (χ4v) is 2.25. The van der Waals surface area contributed by atoms with E-state index in [2.05, 4.69) is 4.98 Å². The van der Waals surface area contributed by atoms with Crippen LogP contribution in [-0.2, 0) is 0 Å². The van der Waals surface area contributed by atoms with Crippen LogP contribution < -0.4 is 11.3 Å². The Bertz CT molecular complexity index is 893. The minimum atomic E-state index is -0.942. The van der Waals surface area contributed by atoms with E-state index in [9.17, 15) is 9.18 Å². The Morgan fingerprint density at radius 2 is 1.67 bits per heavy atom. The third kappa shape index (κ3) is 2.31. The van der Waals surface area contributed by atoms with Crippen LogP contribution in [0.4, 0.5) is 10.2 Å². The molecule has 0 aliphatic heterocycles. The zero-order chi connectivity index (χ0) is 15.7. The Hall–Kier alpha value is -2.54. The molecule has 104 valence electrons. The summed E-state index contributed by atoms with van der Waals surface area (Å²) in [6, 6.07) is 5.86. The maximum Gasteiger partial charge on any atom is 0.268 e. The largest absolute Gasteiger partial charge is 0.384 e. The Morgan fingerprint density at radius 3 is 2.24 bits per heavy atom. The molecule has 1 aromatic carbocycles. The van der Waals surface area contributed by atoms with E-state index in [4.69, 9.17) is 39.5 Å². The first-order valence-corrected chi connectivity index (χ1v) is 6.17. The first kappa shape index (κ1) is 14.9. The second-order valence-electron chi connectivity index (χ2n) is 3.93. The number of nitrogens with one attached hydrogen (secondary N) is 1. The van der Waals surface area contributed by atoms with E-state index < -0.39 is 16.9 Å². The van der Waals surface area contributed by atoms with E-state index in [1.165, 1.54) is 12.1 Å². The van der Waals surface area contributed by atoms with Gasteiger partial charge in [-0.1, -0.05) is 23.2 Å². The molecular weight excluding hydrogens is 318 g/mol. The summed E-state index contributed by atoms with van der Waals surface area (Å²) in [7, 11) is 0. The van der Waals surface area contributed by atoms with Gasteiger partial charge in [-0.2, -0.15) is 10.5 Å². The van der Waals surface area contributed by atoms with Gasteiger partial charge in [0.1, 0.15) is 29.1 Å². The minimum absolute atomic E-state index is 0.102. The maximum atomic E-state index is 14.3. The number of aromatic nitrogens is 1. The average Bonchev–Trinajstić information content (AvgIpc) is 2.43. The molecule has 0 bridgehead atoms. The number of H-pyrrole nitrogens is 1. The molecule has 0 saturated heterocycles. The zero-order valence-corrected chi connectivity index (χ0v) is 11.7. The van der Waals surface area contributed by atoms with E-state index in [-0.39, 0.29) is 32.6 Å². The van der Waals surface area contributed by atoms with E-state index in [0.717, 1.165) is 0 Å². The highest BCUT2D eigenvalue weighted by atomic mass is 35.5. The summed E-state index contributed by atoms with van der Waals surface area (Å²) in [5, 5.41) is 17.9. The molecular formula is C13H5Cl2FN4O. The average molecular weight is 323 g/mol. The molecule has 5 nitrogen and oxygen atoms in total. The fourth-order valence-electron chi connectivity index (χ4n) is 1.85. The van der Waals surface area contributed by atoms with Crippen molar-refractivity contribution in [1.29, 1.82) is 10.5 Å². The second-order valence-corrected chi connectivity index (χ2v) is 4.75. The Labute approximate surface area is 127 Å². The summed E-state index contributed by atoms with van der Waals surface area (Å²) >= 11 is 11.6. The van der Waals surface area contributed by atoms with Gasteiger partial charge in [0.25, 0.3) is 5.56 Å². The molecule has 21 heavy (non-hydrogen) atoms. The van der Waals surface area contributed by atoms with Crippen molar-refractivity contribution in [2.45, 2.75) is 0 Å². The van der Waals surface area contributed by atoms with Crippen LogP contribution in [0.5, 0.6) is 0 Å². The third-order valence-corrected chi connectivity index (χ3v) is 3.37. The first-order valence-electron chi connectivity index (χ1n) is 5.42. The second kappa shape index (κ2) is 5.45. The molecule has 0 atom stereocenters. The number of hydrogen-bond donors (Lipinski definition) is 2. The predicted octanol–water partition coefficient (Wildman–Crippen LogP) is 2.81. The highest BCUT2D eigenvalue weighted by Crippen LogP contribution is 2.38. The summed E-state index contributed by atoms with van der Waals surface area (Å²) in [6.45, 7) is 0. The lowest BCUT2D eigenvalue weighted by molar-refractivity contribution is 0.631. The Kier molecular flexibility index (Phi) is 3.86. The van der Waals surface area contributed by atoms with Crippen LogP contribution in [-0.4, -0.2) is 4.98 Å². The summed E-state index contributed by atoms with van der Waals surface area (Å²) in [5.74, 6) is -1.23. The molecule has 0 unspecified atom stereocenters. The third-order valence-electron chi connectivity index (χ3n) is 2.76. The maximum absolute atomic E-state index is 14.3. The van der Waals surface area contributed by atoms with Crippen LogP contribution in [0.1, 0.15) is 11.1 Å². The topological polar surface area (TPSA) is 106 Å². The lowest BCUT2D eigenvalue weighted by atomic mass is 9.96. The summed E-state index contributed by atoms with van der Waals surface area (Å²) in [5.41, 5.74) is 3.39. The molecule has 3 N–H and O–H groups in total. The van der Waals surface area contributed by atoms with Crippen LogP contribution in [0.15, 0.2) is 16.9 Å². The molecule has 0 radical (unpaired) electrons. The van der Waals surface area contributed by atoms with Crippen LogP contribution in [0.2, 0.25) is 10.0 Å². The summed E-state index contributed by atoms with van der Waals surface area (Å²) < 4.78 is 14.3. The van der Waals surface area contributed by atoms with Crippen molar-refractivity contribution in [1.82, 2.24) is 4.98 Å². The van der Waals surface area contributed by atoms with Gasteiger partial charge >= 0.3 is 0 Å². The number of anilines is 1. The van der Waals surface area contributed by atoms with Gasteiger partial charge in [0, 0.05) is 11.1 Å². The van der Waals surface area contributed by atoms with E-state index in [1.807, 2.05) is 0 Å². The lowest BCUT2D eigenvalue weighted by Crippen LogP contribution is -2.16. The standard InChI is InChI=1S/C13H5Cl2FN4O/c14-7-1-2-8(15)11(16)10(7)9-5(3-17)12(19)20-13(21)6(9)4-18/h1-2H,(H3,19,20,21). The number of nitrogens with zero attached hydrogens (tertiary/aromatic N) is 2. The van der Waals surface area contributed by atoms with E-state index in [0.29, 0.717) is 0 Å². The van der Waals surface area contributed by atoms with Crippen molar-refractivity contribution < 1.29 is 4.39 Å². The van der Waals surface area contributed by atoms with Crippen LogP contribution in [0.3, 0.4) is 0 Å². The van der Waals surface area contributed by atoms with Crippen LogP contribution in [0.25, 0.3) is 11.1 Å². The molecule has 0 fully saturated rings. The molecule has 2 aromatic rings. The highest BCUT2D eigenvalue weighted by molar-refractivity contribution is 6.35. The Balaban J connectivity index is 3.09. The van der Waals surface area contributed by atoms with Crippen molar-refractivity contribution in [2.75, 3.05) is 5.73 Å². The SMILES string of the molecule is N#Cc1c(N)[nH]c(=O)c(C#N)c1-c1c(Cl)ccc(Cl)c1F. The van der Waals surface area contributed by atoms with Gasteiger partial charge in [0.2, 0.25) is 0 Å². The quantitative estimate of drug-likeness (QED) is 0.787. The normalized spacial score (nSPS) is 9.95. The number of aromatic amines is 1. The van der Waals surface area contributed by atoms with Crippen molar-refractivity contribution in [2.24, 2.45) is 0 Å². The number of nitrogen functional groups attached to an aromatic ring is 1. The number of rotatable bonds is 1. The first-order chi connectivity index (χ1) is 9.92. The minimum Gasteiger partial charge on any atom is -0.384 e. The number of halogens is 3. The number of nitrogens with two attached hydrogens (primary N) is 1. The smallest absolute Gasteiger partial charge is 0.268 e. The van der Waals surface area contributed by atoms with Crippen molar-refractivity contribution in [3.63, 3.8) is 0 Å². The fraction of sp³-hybridized carbons (Fsp3) is 0. The molecule has 2 rings (SSSR count). The zero-order valence-electron chi connectivity index (χ0n) is 10.2. The number of pyridine rings is 1. The van der Waals surface area contributed by atoms with Crippen molar-refractivity contribution in [3.8, 4) is 23.3 Å². The van der Waals surface area contributed by atoms with Gasteiger partial charge < -0.3 is 10.7 Å². The van der Waals surface area contributed by atoms with Gasteiger partial charge in [-0.15, -0.1) is 0 Å². The predicted molar refractivity (Wildman–Crippen MR) is 76.3 cm³/mol. The number of hydrogen-bond acceptors (Lipinski definition) is 4. The van der Waals surface area contributed by atoms with Crippen LogP contribution >= 0.6 is 23.2 Å². The summed E-state index contributed by atoms with van der Waals surface area (Å²) in [4.78, 5) is 13.9. The van der Waals surface area contributed by atoms with Gasteiger partial charge in [0.05, 0.1) is 10.0 Å². The van der Waals surface area contributed by atoms with Crippen LogP contribution in [0, 0.1) is 28.5 Å². The van der Waals surface area contributed by atoms with Gasteiger partial charge in [-0.05, 0) is 12.1 Å². The number of benzene rings is 1. The molecule has 0 amide bonds. The molecule has 0 aliphatic rings. The lowest BCUT2D eigenvalue weighted by Gasteiger charge is -2.12. The molecule has 0 aliphatic carbocycles. The van der Waals surface area contributed by atoms with Crippen molar-refractivity contribution in [3.05, 3.63) is 49.5 Å². The molecule has 8 heteroatoms. The number of nitriles is 2. The summed E-state index contributed by atoms with van der Waals surface area (Å²) in [6.07, 6.45) is 0. The highest BCUT2D eigenvalue weighted by Gasteiger charge is 2.24. The van der Waals surface area contributed by atoms with Gasteiger partial charge in [-0.3, -0.25) is 4.79 Å². The van der Waals surface area contributed by atoms with E-state index >= 15 is 0 Å². The van der Waals surface area contributed by atoms with Gasteiger partial charge in [-0.25, -0.2) is 4.39 Å². The molecule has 0 saturated carbocycles. The molecule has 1 aromatic heterocycles. The van der Waals surface area contributed by atoms with E-state index in [1.54, 1.807) is 12.1 Å². The monoisotopic (exact) mass is 322 g/mol. The molecule has 1 heterocycles. The molecule has 0 spiro atoms. The Morgan fingerprint density at radius 1 is 1.10 bits per heavy atom.